The van der Waals surface area contributed by atoms with Crippen LogP contribution in [-0.4, -0.2) is 21.7 Å². The number of carbonyl (C=O) groups is 2. The van der Waals surface area contributed by atoms with E-state index in [-0.39, 0.29) is 18.4 Å². The highest BCUT2D eigenvalue weighted by atomic mass is 35.5. The number of carbonyl (C=O) groups excluding carboxylic acids is 2. The molecule has 2 heterocycles. The van der Waals surface area contributed by atoms with Crippen LogP contribution in [0.15, 0.2) is 79.1 Å². The zero-order valence-corrected chi connectivity index (χ0v) is 20.9. The zero-order chi connectivity index (χ0) is 24.7. The smallest absolute Gasteiger partial charge is 0.261 e. The van der Waals surface area contributed by atoms with Gasteiger partial charge in [-0.25, -0.2) is 0 Å². The summed E-state index contributed by atoms with van der Waals surface area (Å²) >= 11 is 24.9. The highest BCUT2D eigenvalue weighted by molar-refractivity contribution is 6.42. The van der Waals surface area contributed by atoms with Gasteiger partial charge in [0.15, 0.2) is 0 Å². The van der Waals surface area contributed by atoms with Crippen molar-refractivity contribution in [3.05, 3.63) is 116 Å². The van der Waals surface area contributed by atoms with Crippen LogP contribution < -0.4 is 4.90 Å². The van der Waals surface area contributed by atoms with E-state index in [1.807, 2.05) is 11.0 Å². The third kappa shape index (κ3) is 4.48. The van der Waals surface area contributed by atoms with Crippen molar-refractivity contribution < 1.29 is 9.59 Å². The summed E-state index contributed by atoms with van der Waals surface area (Å²) in [5, 5.41) is 1.55. The molecule has 0 atom stereocenters. The number of imide groups is 1. The second-order valence-electron chi connectivity index (χ2n) is 7.82. The van der Waals surface area contributed by atoms with Gasteiger partial charge in [0.2, 0.25) is 0 Å². The molecule has 9 heteroatoms. The molecule has 35 heavy (non-hydrogen) atoms. The fourth-order valence-electron chi connectivity index (χ4n) is 3.93. The summed E-state index contributed by atoms with van der Waals surface area (Å²) in [6.45, 7) is 0.138. The van der Waals surface area contributed by atoms with Crippen LogP contribution in [0.1, 0.15) is 26.3 Å². The molecule has 0 fully saturated rings. The monoisotopic (exact) mass is 541 g/mol. The Labute approximate surface area is 221 Å². The normalized spacial score (nSPS) is 12.7. The predicted molar refractivity (Wildman–Crippen MR) is 140 cm³/mol. The lowest BCUT2D eigenvalue weighted by molar-refractivity contribution is 0.0642. The summed E-state index contributed by atoms with van der Waals surface area (Å²) in [7, 11) is 0. The molecule has 1 aliphatic heterocycles. The summed E-state index contributed by atoms with van der Waals surface area (Å²) in [6.07, 6.45) is 3.27. The molecular formula is C26H15Cl4N3O2. The van der Waals surface area contributed by atoms with Crippen LogP contribution >= 0.6 is 46.4 Å². The highest BCUT2D eigenvalue weighted by Gasteiger charge is 2.36. The van der Waals surface area contributed by atoms with Gasteiger partial charge in [-0.05, 0) is 66.2 Å². The predicted octanol–water partition coefficient (Wildman–Crippen LogP) is 7.96. The van der Waals surface area contributed by atoms with E-state index in [9.17, 15) is 9.59 Å². The third-order valence-electron chi connectivity index (χ3n) is 5.60. The maximum Gasteiger partial charge on any atom is 0.261 e. The van der Waals surface area contributed by atoms with Crippen molar-refractivity contribution in [3.63, 3.8) is 0 Å². The molecule has 0 saturated heterocycles. The Balaban J connectivity index is 1.59. The molecule has 174 valence electrons. The lowest BCUT2D eigenvalue weighted by Gasteiger charge is -2.26. The summed E-state index contributed by atoms with van der Waals surface area (Å²) < 4.78 is 0. The van der Waals surface area contributed by atoms with Crippen LogP contribution in [0.4, 0.5) is 17.1 Å². The Morgan fingerprint density at radius 2 is 1.26 bits per heavy atom. The Morgan fingerprint density at radius 3 is 1.83 bits per heavy atom. The van der Waals surface area contributed by atoms with Gasteiger partial charge in [0.1, 0.15) is 0 Å². The standard InChI is InChI=1S/C26H15Cl4N3O2/c27-21-7-4-17(11-23(21)29)33(18-5-8-22(28)24(30)12-18)16-3-6-19-20(10-16)26(35)32(25(19)34)14-15-2-1-9-31-13-15/h1-13H,14H2. The van der Waals surface area contributed by atoms with Gasteiger partial charge in [-0.15, -0.1) is 0 Å². The van der Waals surface area contributed by atoms with Crippen LogP contribution in [0.25, 0.3) is 0 Å². The summed E-state index contributed by atoms with van der Waals surface area (Å²) in [6, 6.07) is 19.1. The van der Waals surface area contributed by atoms with Crippen LogP contribution in [0.2, 0.25) is 20.1 Å². The van der Waals surface area contributed by atoms with Gasteiger partial charge in [0.05, 0.1) is 37.8 Å². The van der Waals surface area contributed by atoms with Gasteiger partial charge >= 0.3 is 0 Å². The quantitative estimate of drug-likeness (QED) is 0.240. The SMILES string of the molecule is O=C1c2ccc(N(c3ccc(Cl)c(Cl)c3)c3ccc(Cl)c(Cl)c3)cc2C(=O)N1Cc1cccnc1. The average Bonchev–Trinajstić information content (AvgIpc) is 3.09. The molecule has 1 aromatic heterocycles. The second-order valence-corrected chi connectivity index (χ2v) is 9.45. The lowest BCUT2D eigenvalue weighted by Crippen LogP contribution is -2.29. The van der Waals surface area contributed by atoms with Crippen LogP contribution in [0, 0.1) is 0 Å². The largest absolute Gasteiger partial charge is 0.310 e. The number of aromatic nitrogens is 1. The first kappa shape index (κ1) is 23.6. The molecule has 0 radical (unpaired) electrons. The Hall–Kier alpha value is -3.09. The van der Waals surface area contributed by atoms with Gasteiger partial charge in [-0.1, -0.05) is 52.5 Å². The van der Waals surface area contributed by atoms with Gasteiger partial charge in [0.25, 0.3) is 11.8 Å². The Morgan fingerprint density at radius 1 is 0.686 bits per heavy atom. The first-order valence-corrected chi connectivity index (χ1v) is 11.9. The number of benzene rings is 3. The summed E-state index contributed by atoms with van der Waals surface area (Å²) in [5.74, 6) is -0.727. The zero-order valence-electron chi connectivity index (χ0n) is 17.9. The van der Waals surface area contributed by atoms with Crippen molar-refractivity contribution in [2.75, 3.05) is 4.90 Å². The van der Waals surface area contributed by atoms with Gasteiger partial charge in [-0.2, -0.15) is 0 Å². The van der Waals surface area contributed by atoms with Gasteiger partial charge in [0, 0.05) is 29.5 Å². The number of rotatable bonds is 5. The fourth-order valence-corrected chi connectivity index (χ4v) is 4.52. The topological polar surface area (TPSA) is 53.5 Å². The molecule has 4 aromatic rings. The van der Waals surface area contributed by atoms with Gasteiger partial charge < -0.3 is 4.90 Å². The molecule has 0 bridgehead atoms. The maximum absolute atomic E-state index is 13.2. The highest BCUT2D eigenvalue weighted by Crippen LogP contribution is 2.41. The van der Waals surface area contributed by atoms with E-state index in [4.69, 9.17) is 46.4 Å². The molecule has 5 nitrogen and oxygen atoms in total. The summed E-state index contributed by atoms with van der Waals surface area (Å²) in [5.41, 5.74) is 3.40. The van der Waals surface area contributed by atoms with Crippen molar-refractivity contribution in [3.8, 4) is 0 Å². The molecule has 5 rings (SSSR count). The second kappa shape index (κ2) is 9.51. The van der Waals surface area contributed by atoms with E-state index in [0.29, 0.717) is 48.3 Å². The minimum atomic E-state index is -0.376. The number of hydrogen-bond acceptors (Lipinski definition) is 4. The number of pyridine rings is 1. The van der Waals surface area contributed by atoms with Crippen molar-refractivity contribution >= 4 is 75.3 Å². The number of amides is 2. The van der Waals surface area contributed by atoms with E-state index in [1.54, 1.807) is 73.1 Å². The number of anilines is 3. The molecule has 0 unspecified atom stereocenters. The molecule has 1 aliphatic rings. The molecule has 0 aliphatic carbocycles. The molecule has 2 amide bonds. The van der Waals surface area contributed by atoms with E-state index in [2.05, 4.69) is 4.98 Å². The molecule has 3 aromatic carbocycles. The average molecular weight is 543 g/mol. The van der Waals surface area contributed by atoms with Crippen molar-refractivity contribution in [2.24, 2.45) is 0 Å². The van der Waals surface area contributed by atoms with Crippen molar-refractivity contribution in [1.29, 1.82) is 0 Å². The third-order valence-corrected chi connectivity index (χ3v) is 7.08. The molecular weight excluding hydrogens is 528 g/mol. The maximum atomic E-state index is 13.2. The molecule has 0 spiro atoms. The first-order chi connectivity index (χ1) is 16.8. The number of nitrogens with zero attached hydrogens (tertiary/aromatic N) is 3. The van der Waals surface area contributed by atoms with E-state index in [1.165, 1.54) is 4.90 Å². The summed E-state index contributed by atoms with van der Waals surface area (Å²) in [4.78, 5) is 33.4. The van der Waals surface area contributed by atoms with Crippen molar-refractivity contribution in [2.45, 2.75) is 6.54 Å². The number of hydrogen-bond donors (Lipinski definition) is 0. The lowest BCUT2D eigenvalue weighted by atomic mass is 10.1. The van der Waals surface area contributed by atoms with Crippen LogP contribution in [0.3, 0.4) is 0 Å². The van der Waals surface area contributed by atoms with E-state index < -0.39 is 0 Å². The van der Waals surface area contributed by atoms with Crippen LogP contribution in [-0.2, 0) is 6.54 Å². The first-order valence-electron chi connectivity index (χ1n) is 10.4. The molecule has 0 saturated carbocycles. The minimum absolute atomic E-state index is 0.138. The molecule has 0 N–H and O–H groups in total. The number of halogens is 4. The fraction of sp³-hybridized carbons (Fsp3) is 0.0385. The Bertz CT molecular complexity index is 1430. The van der Waals surface area contributed by atoms with Crippen molar-refractivity contribution in [1.82, 2.24) is 9.88 Å². The minimum Gasteiger partial charge on any atom is -0.310 e. The number of fused-ring (bicyclic) bond motifs is 1. The van der Waals surface area contributed by atoms with Crippen LogP contribution in [0.5, 0.6) is 0 Å². The van der Waals surface area contributed by atoms with Gasteiger partial charge in [-0.3, -0.25) is 19.5 Å². The Kier molecular flexibility index (Phi) is 6.43. The van der Waals surface area contributed by atoms with E-state index >= 15 is 0 Å². The van der Waals surface area contributed by atoms with E-state index in [0.717, 1.165) is 5.56 Å².